The van der Waals surface area contributed by atoms with Gasteiger partial charge in [-0.15, -0.1) is 0 Å². The molecule has 0 aliphatic carbocycles. The van der Waals surface area contributed by atoms with Gasteiger partial charge in [0, 0.05) is 26.2 Å². The average Bonchev–Trinajstić information content (AvgIpc) is 2.43. The van der Waals surface area contributed by atoms with Crippen LogP contribution in [-0.4, -0.2) is 83.7 Å². The van der Waals surface area contributed by atoms with E-state index in [0.717, 1.165) is 0 Å². The number of β-lactam (4-membered cyclic amide) rings is 1. The van der Waals surface area contributed by atoms with Gasteiger partial charge in [-0.25, -0.2) is 17.5 Å². The maximum absolute atomic E-state index is 12.0. The zero-order valence-corrected chi connectivity index (χ0v) is 17.8. The average molecular weight is 389 g/mol. The van der Waals surface area contributed by atoms with Crippen LogP contribution < -0.4 is 56.7 Å². The number of hydrogen-bond donors (Lipinski definition) is 2. The molecule has 0 aromatic carbocycles. The monoisotopic (exact) mass is 389 g/mol. The molecule has 2 amide bonds. The van der Waals surface area contributed by atoms with Crippen molar-refractivity contribution in [2.75, 3.05) is 26.2 Å². The van der Waals surface area contributed by atoms with Crippen LogP contribution in [0.2, 0.25) is 0 Å². The van der Waals surface area contributed by atoms with Gasteiger partial charge in [0.15, 0.2) is 10.3 Å². The first kappa shape index (κ1) is 22.2. The standard InChI is InChI=1S/C12H21N3O7S.K/c1-7(16)9-10(15(11(9)17)23(19,20)21)8(2)22-12(18)14-5-3-13-4-6-14;/h7-10,13,16H,3-6H2,1-2H3,(H,19,20,21);/q;+1/p-1/t7-,8+,9-,10-;/m1./s1. The second-order valence-corrected chi connectivity index (χ2v) is 6.92. The molecule has 2 saturated heterocycles. The Morgan fingerprint density at radius 1 is 1.38 bits per heavy atom. The van der Waals surface area contributed by atoms with Crippen LogP contribution in [0.5, 0.6) is 0 Å². The van der Waals surface area contributed by atoms with Gasteiger partial charge in [0.25, 0.3) is 0 Å². The van der Waals surface area contributed by atoms with Crippen LogP contribution in [0.15, 0.2) is 0 Å². The predicted octanol–water partition coefficient (Wildman–Crippen LogP) is -4.91. The summed E-state index contributed by atoms with van der Waals surface area (Å²) in [7, 11) is -5.03. The van der Waals surface area contributed by atoms with Crippen LogP contribution in [-0.2, 0) is 19.8 Å². The number of aliphatic hydroxyl groups is 1. The molecule has 12 heteroatoms. The minimum Gasteiger partial charge on any atom is -0.731 e. The summed E-state index contributed by atoms with van der Waals surface area (Å²) in [6.45, 7) is 4.82. The van der Waals surface area contributed by atoms with Gasteiger partial charge < -0.3 is 24.6 Å². The van der Waals surface area contributed by atoms with Crippen molar-refractivity contribution in [3.8, 4) is 0 Å². The summed E-state index contributed by atoms with van der Waals surface area (Å²) in [5.41, 5.74) is 0. The Hall–Kier alpha value is 0.206. The van der Waals surface area contributed by atoms with Crippen LogP contribution in [0.4, 0.5) is 4.79 Å². The second-order valence-electron chi connectivity index (χ2n) is 5.67. The molecule has 0 aromatic rings. The summed E-state index contributed by atoms with van der Waals surface area (Å²) >= 11 is 0. The van der Waals surface area contributed by atoms with E-state index in [2.05, 4.69) is 5.32 Å². The van der Waals surface area contributed by atoms with Gasteiger partial charge in [0.2, 0.25) is 5.91 Å². The molecular weight excluding hydrogens is 369 g/mol. The van der Waals surface area contributed by atoms with Crippen LogP contribution in [0.25, 0.3) is 0 Å². The third kappa shape index (κ3) is 4.68. The number of carbonyl (C=O) groups is 2. The van der Waals surface area contributed by atoms with Gasteiger partial charge in [-0.05, 0) is 13.8 Å². The molecule has 0 bridgehead atoms. The molecule has 2 N–H and O–H groups in total. The molecule has 2 heterocycles. The smallest absolute Gasteiger partial charge is 0.731 e. The Bertz CT molecular complexity index is 579. The van der Waals surface area contributed by atoms with Crippen molar-refractivity contribution in [1.82, 2.24) is 14.5 Å². The van der Waals surface area contributed by atoms with Gasteiger partial charge in [-0.1, -0.05) is 0 Å². The van der Waals surface area contributed by atoms with E-state index in [9.17, 15) is 27.7 Å². The zero-order valence-electron chi connectivity index (χ0n) is 13.8. The number of aliphatic hydroxyl groups excluding tert-OH is 1. The topological polar surface area (TPSA) is 139 Å². The van der Waals surface area contributed by atoms with Gasteiger partial charge in [0.1, 0.15) is 6.10 Å². The first-order chi connectivity index (χ1) is 10.6. The third-order valence-corrected chi connectivity index (χ3v) is 4.95. The number of ether oxygens (including phenoxy) is 1. The van der Waals surface area contributed by atoms with E-state index in [1.54, 1.807) is 0 Å². The fraction of sp³-hybridized carbons (Fsp3) is 0.833. The molecule has 132 valence electrons. The molecular formula is C12H20KN3O7S. The summed E-state index contributed by atoms with van der Waals surface area (Å²) < 4.78 is 38.9. The van der Waals surface area contributed by atoms with Gasteiger partial charge in [-0.3, -0.25) is 4.79 Å². The van der Waals surface area contributed by atoms with Crippen molar-refractivity contribution in [3.05, 3.63) is 0 Å². The molecule has 2 fully saturated rings. The van der Waals surface area contributed by atoms with Crippen LogP contribution >= 0.6 is 0 Å². The molecule has 0 spiro atoms. The Morgan fingerprint density at radius 2 is 1.92 bits per heavy atom. The Labute approximate surface area is 183 Å². The Balaban J connectivity index is 0.00000288. The summed E-state index contributed by atoms with van der Waals surface area (Å²) in [5, 5.41) is 12.7. The summed E-state index contributed by atoms with van der Waals surface area (Å²) in [5.74, 6) is -2.07. The number of hydrogen-bond acceptors (Lipinski definition) is 8. The van der Waals surface area contributed by atoms with Crippen LogP contribution in [0.1, 0.15) is 13.8 Å². The quantitative estimate of drug-likeness (QED) is 0.277. The number of amides is 2. The SMILES string of the molecule is C[C@H](OC(=O)N1CCNCC1)[C@@H]1[C@@H]([C@@H](C)O)C(=O)N1S(=O)(=O)[O-].[K+]. The molecule has 2 aliphatic heterocycles. The minimum absolute atomic E-state index is 0. The molecule has 4 atom stereocenters. The third-order valence-electron chi connectivity index (χ3n) is 4.04. The van der Waals surface area contributed by atoms with Crippen molar-refractivity contribution >= 4 is 22.3 Å². The molecule has 0 unspecified atom stereocenters. The number of carbonyl (C=O) groups excluding carboxylic acids is 2. The number of nitrogens with zero attached hydrogens (tertiary/aromatic N) is 2. The molecule has 24 heavy (non-hydrogen) atoms. The van der Waals surface area contributed by atoms with Crippen molar-refractivity contribution in [2.24, 2.45) is 5.92 Å². The zero-order chi connectivity index (χ0) is 17.4. The van der Waals surface area contributed by atoms with Crippen molar-refractivity contribution < 1.29 is 83.8 Å². The first-order valence-corrected chi connectivity index (χ1v) is 8.64. The van der Waals surface area contributed by atoms with E-state index < -0.39 is 46.5 Å². The Morgan fingerprint density at radius 3 is 2.38 bits per heavy atom. The van der Waals surface area contributed by atoms with E-state index in [0.29, 0.717) is 26.2 Å². The molecule has 0 aromatic heterocycles. The molecule has 0 saturated carbocycles. The largest absolute Gasteiger partial charge is 1.00 e. The minimum atomic E-state index is -5.03. The van der Waals surface area contributed by atoms with E-state index in [-0.39, 0.29) is 55.7 Å². The summed E-state index contributed by atoms with van der Waals surface area (Å²) in [4.78, 5) is 25.3. The van der Waals surface area contributed by atoms with Gasteiger partial charge in [0.05, 0.1) is 18.1 Å². The van der Waals surface area contributed by atoms with Gasteiger partial charge >= 0.3 is 57.5 Å². The van der Waals surface area contributed by atoms with Crippen molar-refractivity contribution in [2.45, 2.75) is 32.1 Å². The van der Waals surface area contributed by atoms with E-state index in [1.807, 2.05) is 0 Å². The maximum atomic E-state index is 12.0. The fourth-order valence-electron chi connectivity index (χ4n) is 2.89. The predicted molar refractivity (Wildman–Crippen MR) is 75.9 cm³/mol. The summed E-state index contributed by atoms with van der Waals surface area (Å²) in [6.07, 6.45) is -2.85. The fourth-order valence-corrected chi connectivity index (χ4v) is 3.83. The molecule has 0 radical (unpaired) electrons. The van der Waals surface area contributed by atoms with E-state index >= 15 is 0 Å². The van der Waals surface area contributed by atoms with Gasteiger partial charge in [-0.2, -0.15) is 0 Å². The van der Waals surface area contributed by atoms with Crippen molar-refractivity contribution in [1.29, 1.82) is 0 Å². The number of nitrogens with one attached hydrogen (secondary N) is 1. The maximum Gasteiger partial charge on any atom is 1.00 e. The molecule has 2 rings (SSSR count). The first-order valence-electron chi connectivity index (χ1n) is 7.28. The van der Waals surface area contributed by atoms with E-state index in [1.165, 1.54) is 18.7 Å². The van der Waals surface area contributed by atoms with Crippen LogP contribution in [0.3, 0.4) is 0 Å². The second kappa shape index (κ2) is 8.73. The molecule has 2 aliphatic rings. The van der Waals surface area contributed by atoms with Crippen molar-refractivity contribution in [3.63, 3.8) is 0 Å². The normalized spacial score (nSPS) is 26.9. The van der Waals surface area contributed by atoms with E-state index in [4.69, 9.17) is 4.74 Å². The number of rotatable bonds is 4. The summed E-state index contributed by atoms with van der Waals surface area (Å²) in [6, 6.07) is -1.20. The molecule has 10 nitrogen and oxygen atoms in total. The number of piperazine rings is 1. The van der Waals surface area contributed by atoms with Crippen LogP contribution in [0, 0.1) is 5.92 Å². The Kier molecular flexibility index (Phi) is 8.09.